The second kappa shape index (κ2) is 5.38. The van der Waals surface area contributed by atoms with E-state index in [9.17, 15) is 0 Å². The van der Waals surface area contributed by atoms with Gasteiger partial charge in [-0.25, -0.2) is 4.98 Å². The van der Waals surface area contributed by atoms with Crippen LogP contribution in [0.25, 0.3) is 16.7 Å². The van der Waals surface area contributed by atoms with Crippen LogP contribution in [0.5, 0.6) is 0 Å². The van der Waals surface area contributed by atoms with E-state index in [-0.39, 0.29) is 0 Å². The van der Waals surface area contributed by atoms with Crippen molar-refractivity contribution in [3.05, 3.63) is 48.4 Å². The summed E-state index contributed by atoms with van der Waals surface area (Å²) < 4.78 is 2.11. The molecule has 3 heterocycles. The fraction of sp³-hybridized carbons (Fsp3) is 0.235. The van der Waals surface area contributed by atoms with Crippen LogP contribution in [0.2, 0.25) is 0 Å². The summed E-state index contributed by atoms with van der Waals surface area (Å²) in [5.41, 5.74) is 4.26. The fourth-order valence-electron chi connectivity index (χ4n) is 2.73. The van der Waals surface area contributed by atoms with Crippen LogP contribution in [0.4, 0.5) is 0 Å². The predicted octanol–water partition coefficient (Wildman–Crippen LogP) is 3.78. The maximum absolute atomic E-state index is 4.46. The Kier molecular flexibility index (Phi) is 3.34. The first kappa shape index (κ1) is 14.3. The Labute approximate surface area is 137 Å². The molecule has 0 fully saturated rings. The largest absolute Gasteiger partial charge is 0.345 e. The highest BCUT2D eigenvalue weighted by Crippen LogP contribution is 2.40. The van der Waals surface area contributed by atoms with Crippen molar-refractivity contribution >= 4 is 27.6 Å². The summed E-state index contributed by atoms with van der Waals surface area (Å²) in [5.74, 6) is 0.492. The first-order valence-electron chi connectivity index (χ1n) is 7.65. The normalized spacial score (nSPS) is 14.0. The molecule has 1 aromatic carbocycles. The van der Waals surface area contributed by atoms with Crippen LogP contribution < -0.4 is 0 Å². The van der Waals surface area contributed by atoms with Gasteiger partial charge in [-0.05, 0) is 53.0 Å². The van der Waals surface area contributed by atoms with Gasteiger partial charge in [0.15, 0.2) is 10.8 Å². The summed E-state index contributed by atoms with van der Waals surface area (Å²) in [5, 5.41) is 9.84. The number of aromatic amines is 1. The second-order valence-electron chi connectivity index (χ2n) is 6.01. The van der Waals surface area contributed by atoms with Gasteiger partial charge in [0.2, 0.25) is 0 Å². The predicted molar refractivity (Wildman–Crippen MR) is 94.6 cm³/mol. The minimum Gasteiger partial charge on any atom is -0.345 e. The van der Waals surface area contributed by atoms with E-state index in [1.807, 2.05) is 0 Å². The Morgan fingerprint density at radius 3 is 2.83 bits per heavy atom. The van der Waals surface area contributed by atoms with Crippen LogP contribution in [-0.2, 0) is 0 Å². The molecule has 6 heteroatoms. The van der Waals surface area contributed by atoms with E-state index in [0.717, 1.165) is 21.8 Å². The summed E-state index contributed by atoms with van der Waals surface area (Å²) in [6.45, 7) is 4.38. The SMILES string of the molecule is CC(C)c1ccn2c([SH](C)c3ccc4nc[nH]c4c3)nnc2c1. The molecule has 0 saturated heterocycles. The number of aromatic nitrogens is 5. The van der Waals surface area contributed by atoms with Gasteiger partial charge in [0.25, 0.3) is 0 Å². The number of imidazole rings is 1. The highest BCUT2D eigenvalue weighted by atomic mass is 32.2. The molecular weight excluding hydrogens is 306 g/mol. The molecule has 1 unspecified atom stereocenters. The van der Waals surface area contributed by atoms with E-state index in [2.05, 4.69) is 81.2 Å². The maximum atomic E-state index is 4.46. The minimum absolute atomic E-state index is 0.492. The van der Waals surface area contributed by atoms with Crippen LogP contribution in [-0.4, -0.2) is 30.8 Å². The smallest absolute Gasteiger partial charge is 0.179 e. The quantitative estimate of drug-likeness (QED) is 0.564. The van der Waals surface area contributed by atoms with E-state index >= 15 is 0 Å². The van der Waals surface area contributed by atoms with Gasteiger partial charge in [-0.3, -0.25) is 4.40 Å². The third kappa shape index (κ3) is 2.39. The number of fused-ring (bicyclic) bond motifs is 2. The molecule has 4 rings (SSSR count). The van der Waals surface area contributed by atoms with E-state index in [4.69, 9.17) is 0 Å². The zero-order chi connectivity index (χ0) is 16.0. The second-order valence-corrected chi connectivity index (χ2v) is 8.04. The van der Waals surface area contributed by atoms with Crippen molar-refractivity contribution in [2.75, 3.05) is 6.26 Å². The number of hydrogen-bond acceptors (Lipinski definition) is 3. The number of rotatable bonds is 3. The Morgan fingerprint density at radius 2 is 2.00 bits per heavy atom. The third-order valence-corrected chi connectivity index (χ3v) is 6.13. The number of thiol groups is 1. The average molecular weight is 325 g/mol. The lowest BCUT2D eigenvalue weighted by Crippen LogP contribution is -1.95. The van der Waals surface area contributed by atoms with Gasteiger partial charge < -0.3 is 4.98 Å². The highest BCUT2D eigenvalue weighted by Gasteiger charge is 2.14. The lowest BCUT2D eigenvalue weighted by Gasteiger charge is -2.15. The number of nitrogens with zero attached hydrogens (tertiary/aromatic N) is 4. The van der Waals surface area contributed by atoms with Crippen LogP contribution in [0.3, 0.4) is 0 Å². The molecule has 0 bridgehead atoms. The molecule has 0 aliphatic rings. The number of H-pyrrole nitrogens is 1. The number of pyridine rings is 1. The number of nitrogens with one attached hydrogen (secondary N) is 1. The molecule has 4 aromatic rings. The summed E-state index contributed by atoms with van der Waals surface area (Å²) in [6, 6.07) is 10.6. The first-order chi connectivity index (χ1) is 11.1. The molecule has 23 heavy (non-hydrogen) atoms. The van der Waals surface area contributed by atoms with Crippen LogP contribution in [0.15, 0.2) is 52.9 Å². The zero-order valence-corrected chi connectivity index (χ0v) is 14.2. The Hall–Kier alpha value is -2.34. The van der Waals surface area contributed by atoms with Gasteiger partial charge in [-0.15, -0.1) is 10.2 Å². The summed E-state index contributed by atoms with van der Waals surface area (Å²) in [6.07, 6.45) is 6.04. The van der Waals surface area contributed by atoms with Gasteiger partial charge in [0.1, 0.15) is 0 Å². The third-order valence-electron chi connectivity index (χ3n) is 4.17. The van der Waals surface area contributed by atoms with E-state index in [1.54, 1.807) is 6.33 Å². The zero-order valence-electron chi connectivity index (χ0n) is 13.4. The molecule has 0 aliphatic carbocycles. The molecule has 0 radical (unpaired) electrons. The summed E-state index contributed by atoms with van der Waals surface area (Å²) >= 11 is 0. The maximum Gasteiger partial charge on any atom is 0.179 e. The standard InChI is InChI=1S/C17H19N5S/c1-11(2)12-6-7-22-16(8-12)20-21-17(22)23(3)13-4-5-14-15(9-13)19-10-18-14/h4-11,23H,1-3H3,(H,18,19). The van der Waals surface area contributed by atoms with Crippen molar-refractivity contribution in [2.45, 2.75) is 29.8 Å². The van der Waals surface area contributed by atoms with Gasteiger partial charge in [0, 0.05) is 6.20 Å². The van der Waals surface area contributed by atoms with Gasteiger partial charge in [-0.1, -0.05) is 13.8 Å². The van der Waals surface area contributed by atoms with Crippen molar-refractivity contribution in [2.24, 2.45) is 0 Å². The van der Waals surface area contributed by atoms with E-state index < -0.39 is 10.9 Å². The van der Waals surface area contributed by atoms with Crippen molar-refractivity contribution in [1.29, 1.82) is 0 Å². The average Bonchev–Trinajstić information content (AvgIpc) is 3.19. The Morgan fingerprint density at radius 1 is 1.13 bits per heavy atom. The van der Waals surface area contributed by atoms with Crippen LogP contribution in [0, 0.1) is 0 Å². The summed E-state index contributed by atoms with van der Waals surface area (Å²) in [4.78, 5) is 8.71. The van der Waals surface area contributed by atoms with E-state index in [0.29, 0.717) is 5.92 Å². The fourth-order valence-corrected chi connectivity index (χ4v) is 4.25. The molecule has 0 saturated carbocycles. The molecular formula is C17H19N5S. The van der Waals surface area contributed by atoms with Gasteiger partial charge in [0.05, 0.1) is 17.4 Å². The molecule has 3 aromatic heterocycles. The molecule has 1 atom stereocenters. The van der Waals surface area contributed by atoms with Gasteiger partial charge >= 0.3 is 0 Å². The van der Waals surface area contributed by atoms with E-state index in [1.165, 1.54) is 10.5 Å². The van der Waals surface area contributed by atoms with Crippen molar-refractivity contribution in [3.8, 4) is 0 Å². The lowest BCUT2D eigenvalue weighted by molar-refractivity contribution is 0.857. The molecule has 5 nitrogen and oxygen atoms in total. The highest BCUT2D eigenvalue weighted by molar-refractivity contribution is 8.16. The van der Waals surface area contributed by atoms with Crippen molar-refractivity contribution in [3.63, 3.8) is 0 Å². The monoisotopic (exact) mass is 325 g/mol. The molecule has 0 aliphatic heterocycles. The topological polar surface area (TPSA) is 58.9 Å². The lowest BCUT2D eigenvalue weighted by atomic mass is 10.1. The number of hydrogen-bond donors (Lipinski definition) is 2. The molecule has 1 N–H and O–H groups in total. The Balaban J connectivity index is 1.78. The van der Waals surface area contributed by atoms with Crippen LogP contribution in [0.1, 0.15) is 25.3 Å². The first-order valence-corrected chi connectivity index (χ1v) is 9.44. The molecule has 0 spiro atoms. The molecule has 118 valence electrons. The van der Waals surface area contributed by atoms with Crippen molar-refractivity contribution < 1.29 is 0 Å². The van der Waals surface area contributed by atoms with Gasteiger partial charge in [-0.2, -0.15) is 10.9 Å². The number of benzene rings is 1. The Bertz CT molecular complexity index is 985. The summed E-state index contributed by atoms with van der Waals surface area (Å²) in [7, 11) is -0.571. The molecule has 0 amide bonds. The van der Waals surface area contributed by atoms with Crippen molar-refractivity contribution in [1.82, 2.24) is 24.6 Å². The van der Waals surface area contributed by atoms with Crippen LogP contribution >= 0.6 is 10.9 Å². The minimum atomic E-state index is -0.571.